The Morgan fingerprint density at radius 1 is 1.11 bits per heavy atom. The third kappa shape index (κ3) is 10.2. The molecule has 248 valence electrons. The predicted octanol–water partition coefficient (Wildman–Crippen LogP) is 4.52. The molecule has 0 aromatic carbocycles. The third-order valence-electron chi connectivity index (χ3n) is 7.52. The van der Waals surface area contributed by atoms with Crippen molar-refractivity contribution in [2.45, 2.75) is 85.3 Å². The highest BCUT2D eigenvalue weighted by Gasteiger charge is 2.41. The van der Waals surface area contributed by atoms with Gasteiger partial charge in [-0.05, 0) is 51.5 Å². The molecule has 2 saturated heterocycles. The van der Waals surface area contributed by atoms with Crippen LogP contribution >= 0.6 is 11.8 Å². The van der Waals surface area contributed by atoms with Crippen LogP contribution in [0.4, 0.5) is 10.6 Å². The van der Waals surface area contributed by atoms with Crippen LogP contribution in [-0.4, -0.2) is 119 Å². The number of hydrogen-bond acceptors (Lipinski definition) is 9. The monoisotopic (exact) mass is 634 g/mol. The highest BCUT2D eigenvalue weighted by molar-refractivity contribution is 7.98. The second-order valence-corrected chi connectivity index (χ2v) is 15.2. The lowest BCUT2D eigenvalue weighted by molar-refractivity contribution is -0.142. The van der Waals surface area contributed by atoms with Gasteiger partial charge in [0.05, 0.1) is 25.2 Å². The first-order chi connectivity index (χ1) is 20.6. The molecule has 2 fully saturated rings. The van der Waals surface area contributed by atoms with Crippen molar-refractivity contribution in [3.05, 3.63) is 17.6 Å². The molecule has 44 heavy (non-hydrogen) atoms. The maximum Gasteiger partial charge on any atom is 0.410 e. The number of amides is 3. The van der Waals surface area contributed by atoms with Crippen molar-refractivity contribution in [3.63, 3.8) is 0 Å². The fourth-order valence-corrected chi connectivity index (χ4v) is 5.83. The Morgan fingerprint density at radius 3 is 2.39 bits per heavy atom. The van der Waals surface area contributed by atoms with E-state index in [4.69, 9.17) is 14.5 Å². The molecule has 11 nitrogen and oxygen atoms in total. The Morgan fingerprint density at radius 2 is 1.80 bits per heavy atom. The molecule has 0 unspecified atom stereocenters. The van der Waals surface area contributed by atoms with E-state index in [2.05, 4.69) is 30.4 Å². The number of piperidine rings is 1. The Balaban J connectivity index is 1.99. The van der Waals surface area contributed by atoms with Crippen LogP contribution in [0.3, 0.4) is 0 Å². The number of likely N-dealkylation sites (tertiary alicyclic amines) is 1. The maximum absolute atomic E-state index is 14.5. The van der Waals surface area contributed by atoms with E-state index in [-0.39, 0.29) is 36.2 Å². The zero-order chi connectivity index (χ0) is 32.7. The van der Waals surface area contributed by atoms with Gasteiger partial charge in [0.2, 0.25) is 5.91 Å². The molecular weight excluding hydrogens is 580 g/mol. The minimum atomic E-state index is -0.690. The zero-order valence-corrected chi connectivity index (χ0v) is 29.1. The molecule has 0 aliphatic carbocycles. The molecule has 0 bridgehead atoms. The molecule has 0 saturated carbocycles. The Kier molecular flexibility index (Phi) is 12.7. The first-order valence-electron chi connectivity index (χ1n) is 15.9. The number of nitrogens with one attached hydrogen (secondary N) is 1. The summed E-state index contributed by atoms with van der Waals surface area (Å²) in [7, 11) is 0. The van der Waals surface area contributed by atoms with Crippen molar-refractivity contribution < 1.29 is 23.9 Å². The zero-order valence-electron chi connectivity index (χ0n) is 28.3. The molecule has 1 N–H and O–H groups in total. The fraction of sp³-hybridized carbons (Fsp3) is 0.781. The van der Waals surface area contributed by atoms with Gasteiger partial charge < -0.3 is 29.5 Å². The van der Waals surface area contributed by atoms with Gasteiger partial charge in [-0.3, -0.25) is 9.59 Å². The minimum absolute atomic E-state index is 0.0162. The van der Waals surface area contributed by atoms with Gasteiger partial charge in [0.1, 0.15) is 22.8 Å². The first-order valence-corrected chi connectivity index (χ1v) is 17.3. The van der Waals surface area contributed by atoms with E-state index in [9.17, 15) is 14.4 Å². The highest BCUT2D eigenvalue weighted by Crippen LogP contribution is 2.29. The number of anilines is 1. The normalized spacial score (nSPS) is 19.6. The van der Waals surface area contributed by atoms with Gasteiger partial charge in [-0.2, -0.15) is 11.8 Å². The number of nitrogens with zero attached hydrogens (tertiary/aromatic N) is 5. The van der Waals surface area contributed by atoms with Crippen LogP contribution in [0.2, 0.25) is 0 Å². The smallest absolute Gasteiger partial charge is 0.410 e. The largest absolute Gasteiger partial charge is 0.444 e. The minimum Gasteiger partial charge on any atom is -0.444 e. The van der Waals surface area contributed by atoms with Crippen molar-refractivity contribution in [3.8, 4) is 0 Å². The molecule has 3 heterocycles. The lowest BCUT2D eigenvalue weighted by Gasteiger charge is -2.44. The van der Waals surface area contributed by atoms with Gasteiger partial charge in [-0.15, -0.1) is 0 Å². The summed E-state index contributed by atoms with van der Waals surface area (Å²) in [5, 5.41) is 3.41. The van der Waals surface area contributed by atoms with E-state index >= 15 is 0 Å². The van der Waals surface area contributed by atoms with Crippen LogP contribution < -0.4 is 5.32 Å². The van der Waals surface area contributed by atoms with Crippen molar-refractivity contribution in [1.29, 1.82) is 0 Å². The number of carbonyl (C=O) groups excluding carboxylic acids is 3. The average molecular weight is 635 g/mol. The maximum atomic E-state index is 14.5. The summed E-state index contributed by atoms with van der Waals surface area (Å²) < 4.78 is 11.2. The molecule has 3 rings (SSSR count). The van der Waals surface area contributed by atoms with Crippen molar-refractivity contribution in [1.82, 2.24) is 24.7 Å². The standard InChI is InChI=1S/C32H54N6O5S/c1-22(2)19-38(28(40)25-18-34-29(31(3,4)5)35-26(25)33-11-10-16-44-9)24-17-23(27(39)36-12-14-42-15-13-36)20-37(21-24)30(41)43-32(6,7)8/h18,22-24H,10-17,19-21H2,1-9H3,(H,33,34,35)/t23-,24+/m1/s1. The Hall–Kier alpha value is -2.60. The van der Waals surface area contributed by atoms with E-state index in [0.717, 1.165) is 12.2 Å². The van der Waals surface area contributed by atoms with E-state index in [1.165, 1.54) is 0 Å². The van der Waals surface area contributed by atoms with Gasteiger partial charge >= 0.3 is 6.09 Å². The number of morpholine rings is 1. The number of hydrogen-bond donors (Lipinski definition) is 1. The summed E-state index contributed by atoms with van der Waals surface area (Å²) in [5.74, 6) is 1.63. The lowest BCUT2D eigenvalue weighted by atomic mass is 9.91. The van der Waals surface area contributed by atoms with E-state index in [0.29, 0.717) is 63.0 Å². The molecule has 12 heteroatoms. The van der Waals surface area contributed by atoms with Crippen LogP contribution in [0.1, 0.15) is 84.4 Å². The third-order valence-corrected chi connectivity index (χ3v) is 8.22. The second kappa shape index (κ2) is 15.6. The number of ether oxygens (including phenoxy) is 2. The van der Waals surface area contributed by atoms with E-state index < -0.39 is 23.7 Å². The summed E-state index contributed by atoms with van der Waals surface area (Å²) >= 11 is 1.78. The van der Waals surface area contributed by atoms with E-state index in [1.54, 1.807) is 22.9 Å². The molecule has 3 amide bonds. The van der Waals surface area contributed by atoms with Gasteiger partial charge in [0, 0.05) is 50.9 Å². The average Bonchev–Trinajstić information content (AvgIpc) is 2.96. The topological polar surface area (TPSA) is 117 Å². The summed E-state index contributed by atoms with van der Waals surface area (Å²) in [6.07, 6.45) is 4.60. The van der Waals surface area contributed by atoms with Crippen molar-refractivity contribution >= 4 is 35.5 Å². The Labute approximate surface area is 268 Å². The van der Waals surface area contributed by atoms with Crippen molar-refractivity contribution in [2.75, 3.05) is 69.8 Å². The molecule has 1 aromatic rings. The van der Waals surface area contributed by atoms with Crippen LogP contribution in [0.25, 0.3) is 0 Å². The summed E-state index contributed by atoms with van der Waals surface area (Å²) in [4.78, 5) is 56.3. The highest BCUT2D eigenvalue weighted by atomic mass is 32.2. The van der Waals surface area contributed by atoms with Crippen molar-refractivity contribution in [2.24, 2.45) is 11.8 Å². The molecular formula is C32H54N6O5S. The molecule has 1 aromatic heterocycles. The van der Waals surface area contributed by atoms with Gasteiger partial charge in [-0.25, -0.2) is 14.8 Å². The SMILES string of the molecule is CSCCCNc1nc(C(C)(C)C)ncc1C(=O)N(CC(C)C)[C@H]1C[C@@H](C(=O)N2CCOCC2)CN(C(=O)OC(C)(C)C)C1. The predicted molar refractivity (Wildman–Crippen MR) is 175 cm³/mol. The van der Waals surface area contributed by atoms with Gasteiger partial charge in [0.25, 0.3) is 5.91 Å². The van der Waals surface area contributed by atoms with Crippen LogP contribution in [-0.2, 0) is 19.7 Å². The van der Waals surface area contributed by atoms with Crippen LogP contribution in [0.5, 0.6) is 0 Å². The van der Waals surface area contributed by atoms with Crippen LogP contribution in [0, 0.1) is 11.8 Å². The first kappa shape index (κ1) is 35.9. The number of carbonyl (C=O) groups is 3. The second-order valence-electron chi connectivity index (χ2n) is 14.2. The lowest BCUT2D eigenvalue weighted by Crippen LogP contribution is -2.58. The molecule has 0 spiro atoms. The molecule has 2 atom stereocenters. The number of rotatable bonds is 10. The quantitative estimate of drug-likeness (QED) is 0.371. The van der Waals surface area contributed by atoms with Gasteiger partial charge in [-0.1, -0.05) is 34.6 Å². The number of thioether (sulfide) groups is 1. The Bertz CT molecular complexity index is 1130. The van der Waals surface area contributed by atoms with Crippen LogP contribution in [0.15, 0.2) is 6.20 Å². The molecule has 2 aliphatic heterocycles. The summed E-state index contributed by atoms with van der Waals surface area (Å²) in [5.41, 5.74) is -0.586. The summed E-state index contributed by atoms with van der Waals surface area (Å²) in [6, 6.07) is -0.396. The van der Waals surface area contributed by atoms with E-state index in [1.807, 2.05) is 51.3 Å². The number of aromatic nitrogens is 2. The molecule has 2 aliphatic rings. The summed E-state index contributed by atoms with van der Waals surface area (Å²) in [6.45, 7) is 19.4. The fourth-order valence-electron chi connectivity index (χ4n) is 5.40. The van der Waals surface area contributed by atoms with Gasteiger partial charge in [0.15, 0.2) is 0 Å². The molecule has 0 radical (unpaired) electrons.